The number of aliphatic hydroxyl groups excluding tert-OH is 1. The van der Waals surface area contributed by atoms with Crippen LogP contribution in [0, 0.1) is 0 Å². The molecule has 6 nitrogen and oxygen atoms in total. The van der Waals surface area contributed by atoms with Gasteiger partial charge in [0.2, 0.25) is 11.8 Å². The van der Waals surface area contributed by atoms with E-state index >= 15 is 0 Å². The lowest BCUT2D eigenvalue weighted by molar-refractivity contribution is 0.286. The Balaban J connectivity index is 2.49. The number of aromatic nitrogens is 2. The van der Waals surface area contributed by atoms with Crippen molar-refractivity contribution in [2.75, 3.05) is 31.3 Å². The molecule has 0 aliphatic carbocycles. The Morgan fingerprint density at radius 3 is 2.93 bits per heavy atom. The summed E-state index contributed by atoms with van der Waals surface area (Å²) in [6, 6.07) is 1.68. The van der Waals surface area contributed by atoms with E-state index in [1.165, 1.54) is 7.11 Å². The lowest BCUT2D eigenvalue weighted by Gasteiger charge is -2.06. The summed E-state index contributed by atoms with van der Waals surface area (Å²) in [5, 5.41) is 11.7. The molecule has 1 aromatic heterocycles. The standard InChI is InChI=1S/C9H16N4O2/c1-15-8-6-7(12-9(10)13-8)11-4-2-3-5-14/h6,14H,2-5H2,1H3,(H3,10,11,12,13). The number of rotatable bonds is 6. The maximum atomic E-state index is 8.60. The van der Waals surface area contributed by atoms with Crippen molar-refractivity contribution in [2.24, 2.45) is 0 Å². The molecule has 0 atom stereocenters. The highest BCUT2D eigenvalue weighted by molar-refractivity contribution is 5.42. The Bertz CT molecular complexity index is 306. The SMILES string of the molecule is COc1cc(NCCCCO)nc(N)n1. The van der Waals surface area contributed by atoms with Crippen LogP contribution >= 0.6 is 0 Å². The van der Waals surface area contributed by atoms with Crippen LogP contribution in [0.5, 0.6) is 5.88 Å². The van der Waals surface area contributed by atoms with Gasteiger partial charge >= 0.3 is 0 Å². The summed E-state index contributed by atoms with van der Waals surface area (Å²) in [6.45, 7) is 0.942. The summed E-state index contributed by atoms with van der Waals surface area (Å²) in [4.78, 5) is 7.85. The monoisotopic (exact) mass is 212 g/mol. The zero-order chi connectivity index (χ0) is 11.1. The van der Waals surface area contributed by atoms with Gasteiger partial charge in [0.25, 0.3) is 0 Å². The molecule has 15 heavy (non-hydrogen) atoms. The van der Waals surface area contributed by atoms with Gasteiger partial charge in [-0.3, -0.25) is 0 Å². The number of ether oxygens (including phenoxy) is 1. The second-order valence-electron chi connectivity index (χ2n) is 3.01. The minimum Gasteiger partial charge on any atom is -0.481 e. The van der Waals surface area contributed by atoms with E-state index in [-0.39, 0.29) is 12.6 Å². The van der Waals surface area contributed by atoms with Gasteiger partial charge in [0, 0.05) is 19.2 Å². The van der Waals surface area contributed by atoms with Crippen LogP contribution in [0.25, 0.3) is 0 Å². The van der Waals surface area contributed by atoms with Crippen LogP contribution in [-0.4, -0.2) is 35.3 Å². The van der Waals surface area contributed by atoms with Crippen LogP contribution in [0.3, 0.4) is 0 Å². The number of unbranched alkanes of at least 4 members (excludes halogenated alkanes) is 1. The number of methoxy groups -OCH3 is 1. The summed E-state index contributed by atoms with van der Waals surface area (Å²) in [6.07, 6.45) is 1.65. The van der Waals surface area contributed by atoms with Crippen LogP contribution in [0.1, 0.15) is 12.8 Å². The molecule has 0 saturated carbocycles. The molecule has 0 saturated heterocycles. The van der Waals surface area contributed by atoms with E-state index in [4.69, 9.17) is 15.6 Å². The lowest BCUT2D eigenvalue weighted by atomic mass is 10.3. The molecule has 0 aromatic carbocycles. The predicted octanol–water partition coefficient (Wildman–Crippen LogP) is 0.252. The van der Waals surface area contributed by atoms with E-state index in [1.807, 2.05) is 0 Å². The van der Waals surface area contributed by atoms with Crippen molar-refractivity contribution in [2.45, 2.75) is 12.8 Å². The fourth-order valence-electron chi connectivity index (χ4n) is 1.09. The highest BCUT2D eigenvalue weighted by Crippen LogP contribution is 2.13. The van der Waals surface area contributed by atoms with Crippen LogP contribution in [0.4, 0.5) is 11.8 Å². The molecule has 0 unspecified atom stereocenters. The molecule has 4 N–H and O–H groups in total. The summed E-state index contributed by atoms with van der Waals surface area (Å²) in [5.41, 5.74) is 5.48. The first-order valence-corrected chi connectivity index (χ1v) is 4.79. The third-order valence-electron chi connectivity index (χ3n) is 1.82. The molecule has 0 aliphatic rings. The molecule has 84 valence electrons. The second-order valence-corrected chi connectivity index (χ2v) is 3.01. The molecule has 0 fully saturated rings. The molecule has 0 aliphatic heterocycles. The van der Waals surface area contributed by atoms with Crippen molar-refractivity contribution in [3.05, 3.63) is 6.07 Å². The average molecular weight is 212 g/mol. The smallest absolute Gasteiger partial charge is 0.225 e. The molecular formula is C9H16N4O2. The Morgan fingerprint density at radius 1 is 1.47 bits per heavy atom. The highest BCUT2D eigenvalue weighted by Gasteiger charge is 2.01. The molecule has 0 spiro atoms. The van der Waals surface area contributed by atoms with E-state index in [2.05, 4.69) is 15.3 Å². The zero-order valence-electron chi connectivity index (χ0n) is 8.73. The van der Waals surface area contributed by atoms with Gasteiger partial charge < -0.3 is 20.9 Å². The van der Waals surface area contributed by atoms with Gasteiger partial charge in [0.1, 0.15) is 5.82 Å². The topological polar surface area (TPSA) is 93.3 Å². The molecule has 0 radical (unpaired) electrons. The van der Waals surface area contributed by atoms with Gasteiger partial charge in [0.05, 0.1) is 7.11 Å². The van der Waals surface area contributed by atoms with Crippen LogP contribution in [0.2, 0.25) is 0 Å². The molecule has 0 amide bonds. The van der Waals surface area contributed by atoms with Gasteiger partial charge in [-0.25, -0.2) is 0 Å². The second kappa shape index (κ2) is 6.02. The number of nitrogens with two attached hydrogens (primary N) is 1. The largest absolute Gasteiger partial charge is 0.481 e. The molecular weight excluding hydrogens is 196 g/mol. The Morgan fingerprint density at radius 2 is 2.27 bits per heavy atom. The highest BCUT2D eigenvalue weighted by atomic mass is 16.5. The van der Waals surface area contributed by atoms with Crippen LogP contribution < -0.4 is 15.8 Å². The molecule has 6 heteroatoms. The number of aliphatic hydroxyl groups is 1. The number of anilines is 2. The summed E-state index contributed by atoms with van der Waals surface area (Å²) < 4.78 is 4.95. The number of hydrogen-bond donors (Lipinski definition) is 3. The number of nitrogens with zero attached hydrogens (tertiary/aromatic N) is 2. The van der Waals surface area contributed by atoms with Gasteiger partial charge in [-0.2, -0.15) is 9.97 Å². The normalized spacial score (nSPS) is 10.0. The molecule has 1 aromatic rings. The van der Waals surface area contributed by atoms with Crippen molar-refractivity contribution in [1.29, 1.82) is 0 Å². The third-order valence-corrected chi connectivity index (χ3v) is 1.82. The first-order chi connectivity index (χ1) is 7.26. The number of nitrogen functional groups attached to an aromatic ring is 1. The quantitative estimate of drug-likeness (QED) is 0.585. The van der Waals surface area contributed by atoms with E-state index in [1.54, 1.807) is 6.07 Å². The fraction of sp³-hybridized carbons (Fsp3) is 0.556. The first-order valence-electron chi connectivity index (χ1n) is 4.79. The van der Waals surface area contributed by atoms with Gasteiger partial charge in [-0.05, 0) is 12.8 Å². The zero-order valence-corrected chi connectivity index (χ0v) is 8.73. The van der Waals surface area contributed by atoms with E-state index in [0.717, 1.165) is 19.4 Å². The lowest BCUT2D eigenvalue weighted by Crippen LogP contribution is -2.07. The maximum absolute atomic E-state index is 8.60. The van der Waals surface area contributed by atoms with Gasteiger partial charge in [0.15, 0.2) is 0 Å². The van der Waals surface area contributed by atoms with Crippen molar-refractivity contribution in [1.82, 2.24) is 9.97 Å². The average Bonchev–Trinajstić information content (AvgIpc) is 2.23. The van der Waals surface area contributed by atoms with Crippen molar-refractivity contribution >= 4 is 11.8 Å². The Kier molecular flexibility index (Phi) is 4.62. The summed E-state index contributed by atoms with van der Waals surface area (Å²) in [5.74, 6) is 1.25. The van der Waals surface area contributed by atoms with E-state index in [9.17, 15) is 0 Å². The summed E-state index contributed by atoms with van der Waals surface area (Å²) in [7, 11) is 1.53. The minimum atomic E-state index is 0.180. The first kappa shape index (κ1) is 11.5. The molecule has 1 heterocycles. The minimum absolute atomic E-state index is 0.180. The van der Waals surface area contributed by atoms with E-state index in [0.29, 0.717) is 11.7 Å². The van der Waals surface area contributed by atoms with Gasteiger partial charge in [-0.1, -0.05) is 0 Å². The Labute approximate surface area is 88.5 Å². The van der Waals surface area contributed by atoms with Crippen molar-refractivity contribution in [3.8, 4) is 5.88 Å². The summed E-state index contributed by atoms with van der Waals surface area (Å²) >= 11 is 0. The van der Waals surface area contributed by atoms with Crippen molar-refractivity contribution in [3.63, 3.8) is 0 Å². The molecule has 1 rings (SSSR count). The van der Waals surface area contributed by atoms with Crippen LogP contribution in [-0.2, 0) is 0 Å². The van der Waals surface area contributed by atoms with E-state index < -0.39 is 0 Å². The Hall–Kier alpha value is -1.56. The fourth-order valence-corrected chi connectivity index (χ4v) is 1.09. The van der Waals surface area contributed by atoms with Gasteiger partial charge in [-0.15, -0.1) is 0 Å². The maximum Gasteiger partial charge on any atom is 0.225 e. The van der Waals surface area contributed by atoms with Crippen LogP contribution in [0.15, 0.2) is 6.07 Å². The number of nitrogens with one attached hydrogen (secondary N) is 1. The molecule has 0 bridgehead atoms. The van der Waals surface area contributed by atoms with Crippen molar-refractivity contribution < 1.29 is 9.84 Å². The predicted molar refractivity (Wildman–Crippen MR) is 57.8 cm³/mol. The number of hydrogen-bond acceptors (Lipinski definition) is 6. The third kappa shape index (κ3) is 3.99.